The van der Waals surface area contributed by atoms with Crippen LogP contribution in [0.4, 0.5) is 0 Å². The lowest BCUT2D eigenvalue weighted by Gasteiger charge is -2.29. The molecule has 4 amide bonds. The fourth-order valence-electron chi connectivity index (χ4n) is 7.83. The minimum Gasteiger partial charge on any atom is -0.464 e. The largest absolute Gasteiger partial charge is 0.464 e. The monoisotopic (exact) mass is 905 g/mol. The maximum absolute atomic E-state index is 14.2. The number of likely N-dealkylation sites (tertiary alicyclic amines) is 2. The minimum absolute atomic E-state index is 0.168. The van der Waals surface area contributed by atoms with Gasteiger partial charge in [-0.1, -0.05) is 60.7 Å². The summed E-state index contributed by atoms with van der Waals surface area (Å²) in [5.41, 5.74) is 7.49. The SMILES string of the molecule is CN[C@@H](C)C(=O)N[C@@H](C(=O)OCCCCOC(=O)[C@H](NC(=O)[C@H](N)NC)C(=O)N1CCC[C@H]1c1cccc(Oc2ccccc2)c1)C(=O)N1CCC[C@H]1c1cccc(Oc2ccccc2)c1. The van der Waals surface area contributed by atoms with Crippen molar-refractivity contribution in [3.8, 4) is 23.0 Å². The second kappa shape index (κ2) is 23.9. The molecule has 6 N–H and O–H groups in total. The summed E-state index contributed by atoms with van der Waals surface area (Å²) < 4.78 is 23.1. The van der Waals surface area contributed by atoms with Gasteiger partial charge in [0.05, 0.1) is 31.3 Å². The predicted octanol–water partition coefficient (Wildman–Crippen LogP) is 4.25. The van der Waals surface area contributed by atoms with E-state index in [1.165, 1.54) is 7.05 Å². The highest BCUT2D eigenvalue weighted by Gasteiger charge is 2.41. The molecule has 6 atom stereocenters. The van der Waals surface area contributed by atoms with E-state index >= 15 is 0 Å². The first-order chi connectivity index (χ1) is 32.0. The number of carbonyl (C=O) groups is 6. The zero-order valence-electron chi connectivity index (χ0n) is 37.5. The molecule has 0 aromatic heterocycles. The minimum atomic E-state index is -1.69. The van der Waals surface area contributed by atoms with E-state index in [-0.39, 0.29) is 32.1 Å². The number of nitrogens with one attached hydrogen (secondary N) is 4. The van der Waals surface area contributed by atoms with E-state index in [0.717, 1.165) is 11.1 Å². The van der Waals surface area contributed by atoms with Crippen molar-refractivity contribution < 1.29 is 47.7 Å². The molecule has 0 aliphatic carbocycles. The van der Waals surface area contributed by atoms with Crippen molar-refractivity contribution in [2.24, 2.45) is 5.73 Å². The van der Waals surface area contributed by atoms with Crippen molar-refractivity contribution in [3.63, 3.8) is 0 Å². The van der Waals surface area contributed by atoms with Crippen molar-refractivity contribution >= 4 is 35.6 Å². The lowest BCUT2D eigenvalue weighted by molar-refractivity contribution is -0.157. The molecule has 4 aromatic carbocycles. The Labute approximate surface area is 384 Å². The number of carbonyl (C=O) groups excluding carboxylic acids is 6. The molecule has 2 fully saturated rings. The zero-order chi connectivity index (χ0) is 47.0. The summed E-state index contributed by atoms with van der Waals surface area (Å²) in [6, 6.07) is 28.6. The summed E-state index contributed by atoms with van der Waals surface area (Å²) in [5, 5.41) is 10.5. The van der Waals surface area contributed by atoms with Gasteiger partial charge in [0.2, 0.25) is 18.0 Å². The number of likely N-dealkylation sites (N-methyl/N-ethyl adjacent to an activating group) is 2. The van der Waals surface area contributed by atoms with E-state index in [1.807, 2.05) is 109 Å². The van der Waals surface area contributed by atoms with E-state index in [0.29, 0.717) is 61.8 Å². The van der Waals surface area contributed by atoms with Crippen LogP contribution in [-0.4, -0.2) is 110 Å². The first kappa shape index (κ1) is 48.6. The third-order valence-corrected chi connectivity index (χ3v) is 11.5. The summed E-state index contributed by atoms with van der Waals surface area (Å²) in [7, 11) is 3.05. The van der Waals surface area contributed by atoms with Crippen molar-refractivity contribution in [2.75, 3.05) is 40.4 Å². The molecule has 0 unspecified atom stereocenters. The Kier molecular flexibility index (Phi) is 17.6. The number of para-hydroxylation sites is 2. The van der Waals surface area contributed by atoms with E-state index in [4.69, 9.17) is 24.7 Å². The van der Waals surface area contributed by atoms with Gasteiger partial charge in [-0.05, 0) is 119 Å². The first-order valence-electron chi connectivity index (χ1n) is 22.3. The van der Waals surface area contributed by atoms with Crippen molar-refractivity contribution in [1.29, 1.82) is 0 Å². The van der Waals surface area contributed by atoms with Crippen LogP contribution in [0.25, 0.3) is 0 Å². The van der Waals surface area contributed by atoms with Gasteiger partial charge in [0.15, 0.2) is 0 Å². The Morgan fingerprint density at radius 3 is 1.44 bits per heavy atom. The number of benzene rings is 4. The molecule has 0 spiro atoms. The van der Waals surface area contributed by atoms with Crippen molar-refractivity contribution in [3.05, 3.63) is 120 Å². The Morgan fingerprint density at radius 1 is 0.591 bits per heavy atom. The Balaban J connectivity index is 1.05. The molecule has 2 aliphatic heterocycles. The molecule has 0 saturated carbocycles. The van der Waals surface area contributed by atoms with E-state index in [1.54, 1.807) is 23.8 Å². The zero-order valence-corrected chi connectivity index (χ0v) is 37.5. The molecular formula is C49H59N7O10. The van der Waals surface area contributed by atoms with Crippen LogP contribution in [0.1, 0.15) is 68.7 Å². The molecule has 6 rings (SSSR count). The maximum Gasteiger partial charge on any atom is 0.338 e. The predicted molar refractivity (Wildman–Crippen MR) is 244 cm³/mol. The highest BCUT2D eigenvalue weighted by molar-refractivity contribution is 6.06. The smallest absolute Gasteiger partial charge is 0.338 e. The van der Waals surface area contributed by atoms with Gasteiger partial charge < -0.3 is 50.4 Å². The van der Waals surface area contributed by atoms with Gasteiger partial charge in [-0.2, -0.15) is 0 Å². The van der Waals surface area contributed by atoms with E-state index in [9.17, 15) is 28.8 Å². The number of nitrogens with zero attached hydrogens (tertiary/aromatic N) is 2. The van der Waals surface area contributed by atoms with Crippen LogP contribution in [0.15, 0.2) is 109 Å². The summed E-state index contributed by atoms with van der Waals surface area (Å²) >= 11 is 0. The normalized spacial score (nSPS) is 17.5. The lowest BCUT2D eigenvalue weighted by atomic mass is 10.0. The van der Waals surface area contributed by atoms with Crippen molar-refractivity contribution in [1.82, 2.24) is 31.1 Å². The number of hydrogen-bond donors (Lipinski definition) is 5. The molecule has 2 heterocycles. The number of hydrogen-bond acceptors (Lipinski definition) is 13. The number of amides is 4. The lowest BCUT2D eigenvalue weighted by Crippen LogP contribution is -2.58. The summed E-state index contributed by atoms with van der Waals surface area (Å²) in [6.07, 6.45) is 1.79. The molecule has 2 saturated heterocycles. The molecule has 0 radical (unpaired) electrons. The van der Waals surface area contributed by atoms with Crippen LogP contribution in [0.2, 0.25) is 0 Å². The van der Waals surface area contributed by atoms with Crippen LogP contribution >= 0.6 is 0 Å². The van der Waals surface area contributed by atoms with Crippen LogP contribution < -0.4 is 36.5 Å². The van der Waals surface area contributed by atoms with Crippen molar-refractivity contribution in [2.45, 2.75) is 81.8 Å². The summed E-state index contributed by atoms with van der Waals surface area (Å²) in [6.45, 7) is 1.95. The quantitative estimate of drug-likeness (QED) is 0.0342. The van der Waals surface area contributed by atoms with Crippen LogP contribution in [0, 0.1) is 0 Å². The molecule has 17 nitrogen and oxygen atoms in total. The number of ether oxygens (including phenoxy) is 4. The third-order valence-electron chi connectivity index (χ3n) is 11.5. The second-order valence-electron chi connectivity index (χ2n) is 16.1. The second-order valence-corrected chi connectivity index (χ2v) is 16.1. The fraction of sp³-hybridized carbons (Fsp3) is 0.388. The molecule has 66 heavy (non-hydrogen) atoms. The van der Waals surface area contributed by atoms with Gasteiger partial charge in [0, 0.05) is 13.1 Å². The third kappa shape index (κ3) is 12.9. The van der Waals surface area contributed by atoms with Gasteiger partial charge >= 0.3 is 11.9 Å². The topological polar surface area (TPSA) is 220 Å². The Morgan fingerprint density at radius 2 is 1.02 bits per heavy atom. The highest BCUT2D eigenvalue weighted by Crippen LogP contribution is 2.36. The number of esters is 2. The molecular weight excluding hydrogens is 847 g/mol. The average molecular weight is 906 g/mol. The molecule has 2 aliphatic rings. The van der Waals surface area contributed by atoms with Crippen LogP contribution in [0.3, 0.4) is 0 Å². The highest BCUT2D eigenvalue weighted by atomic mass is 16.5. The maximum atomic E-state index is 14.2. The van der Waals surface area contributed by atoms with E-state index in [2.05, 4.69) is 21.3 Å². The number of unbranched alkanes of at least 4 members (excludes halogenated alkanes) is 1. The first-order valence-corrected chi connectivity index (χ1v) is 22.3. The average Bonchev–Trinajstić information content (AvgIpc) is 4.05. The standard InChI is InChI=1S/C49H59N7O10/c1-32(51-2)44(57)53-41(46(59)55-26-14-24-39(55)33-16-12-22-37(30-33)65-35-18-6-4-7-19-35)48(61)63-28-10-11-29-64-49(62)42(54-45(58)43(50)52-3)47(60)56-27-15-25-40(56)34-17-13-23-38(31-34)66-36-20-8-5-9-21-36/h4-9,12-13,16-23,30-32,39-43,51-52H,10-11,14-15,24-29,50H2,1-3H3,(H,53,57)(H,54,58)/t32-,39-,40-,41+,42+,43+/m0/s1. The van der Waals surface area contributed by atoms with Gasteiger partial charge in [-0.3, -0.25) is 24.5 Å². The number of rotatable bonds is 21. The molecule has 4 aromatic rings. The number of nitrogens with two attached hydrogens (primary N) is 1. The van der Waals surface area contributed by atoms with Gasteiger partial charge in [0.25, 0.3) is 17.7 Å². The van der Waals surface area contributed by atoms with Gasteiger partial charge in [0.1, 0.15) is 29.2 Å². The van der Waals surface area contributed by atoms with Crippen LogP contribution in [-0.2, 0) is 38.2 Å². The van der Waals surface area contributed by atoms with Gasteiger partial charge in [-0.25, -0.2) is 9.59 Å². The molecule has 0 bridgehead atoms. The Bertz CT molecular complexity index is 2120. The molecule has 350 valence electrons. The fourth-order valence-corrected chi connectivity index (χ4v) is 7.83. The summed E-state index contributed by atoms with van der Waals surface area (Å²) in [5.74, 6) is -2.03. The van der Waals surface area contributed by atoms with Crippen LogP contribution in [0.5, 0.6) is 23.0 Å². The van der Waals surface area contributed by atoms with E-state index < -0.39 is 65.9 Å². The van der Waals surface area contributed by atoms with Gasteiger partial charge in [-0.15, -0.1) is 0 Å². The summed E-state index contributed by atoms with van der Waals surface area (Å²) in [4.78, 5) is 84.6. The molecule has 17 heteroatoms. The Hall–Kier alpha value is -6.82.